The standard InChI is InChI=1S/C40H37N5O8/c46-37-29-21-28(27-3-1-2-4-27)22-30(23-29)38(47)43-14-18-51-34-7-11-36(12-8-34)53-20-16-45-40(49)32-24-31(25-41-26-32)39(48)44-15-19-52-35-9-5-33(6-10-35)50-17-13-42-37/h1-3,5-12,21-26H,13-20H2,(H,42,46)(H,43,47)(H,44,48)(H,45,49). The number of amides is 4. The van der Waals surface area contributed by atoms with Crippen molar-refractivity contribution in [2.45, 2.75) is 0 Å². The van der Waals surface area contributed by atoms with Crippen molar-refractivity contribution in [1.82, 2.24) is 26.3 Å². The van der Waals surface area contributed by atoms with Crippen molar-refractivity contribution in [3.8, 4) is 23.0 Å². The molecule has 1 aromatic heterocycles. The Balaban J connectivity index is 1.11. The van der Waals surface area contributed by atoms with Gasteiger partial charge in [-0.15, -0.1) is 5.73 Å². The van der Waals surface area contributed by atoms with Crippen molar-refractivity contribution in [3.63, 3.8) is 0 Å². The first-order valence-electron chi connectivity index (χ1n) is 17.0. The average Bonchev–Trinajstić information content (AvgIpc) is 3.74. The summed E-state index contributed by atoms with van der Waals surface area (Å²) in [5, 5.41) is 11.2. The van der Waals surface area contributed by atoms with E-state index in [0.717, 1.165) is 5.57 Å². The molecule has 3 aromatic carbocycles. The van der Waals surface area contributed by atoms with Gasteiger partial charge >= 0.3 is 0 Å². The van der Waals surface area contributed by atoms with E-state index in [1.165, 1.54) is 18.5 Å². The molecule has 0 unspecified atom stereocenters. The lowest BCUT2D eigenvalue weighted by molar-refractivity contribution is 0.0931. The highest BCUT2D eigenvalue weighted by Gasteiger charge is 2.16. The van der Waals surface area contributed by atoms with E-state index in [1.54, 1.807) is 72.8 Å². The van der Waals surface area contributed by atoms with Crippen LogP contribution in [-0.2, 0) is 0 Å². The Hall–Kier alpha value is -6.85. The van der Waals surface area contributed by atoms with Crippen molar-refractivity contribution in [2.24, 2.45) is 0 Å². The van der Waals surface area contributed by atoms with Crippen molar-refractivity contribution >= 4 is 29.2 Å². The number of pyridine rings is 1. The molecule has 0 fully saturated rings. The normalized spacial score (nSPS) is 16.0. The van der Waals surface area contributed by atoms with Gasteiger partial charge in [0.2, 0.25) is 0 Å². The van der Waals surface area contributed by atoms with Crippen LogP contribution < -0.4 is 40.2 Å². The maximum absolute atomic E-state index is 13.2. The maximum atomic E-state index is 13.2. The van der Waals surface area contributed by atoms with Crippen molar-refractivity contribution in [3.05, 3.63) is 137 Å². The first-order valence-corrected chi connectivity index (χ1v) is 17.0. The Kier molecular flexibility index (Phi) is 12.1. The van der Waals surface area contributed by atoms with Gasteiger partial charge in [-0.3, -0.25) is 24.2 Å². The summed E-state index contributed by atoms with van der Waals surface area (Å²) in [6, 6.07) is 20.4. The van der Waals surface area contributed by atoms with E-state index in [9.17, 15) is 19.2 Å². The Morgan fingerprint density at radius 3 is 1.17 bits per heavy atom. The van der Waals surface area contributed by atoms with E-state index in [2.05, 4.69) is 32.0 Å². The fourth-order valence-corrected chi connectivity index (χ4v) is 5.25. The number of carbonyl (C=O) groups is 4. The summed E-state index contributed by atoms with van der Waals surface area (Å²) in [5.41, 5.74) is 5.69. The van der Waals surface area contributed by atoms with Crippen LogP contribution in [0.4, 0.5) is 0 Å². The van der Waals surface area contributed by atoms with E-state index < -0.39 is 11.8 Å². The SMILES string of the molecule is O=C1NCCOc2ccc(cc2)OCCNC(=O)c2cc(cc(C3=C=CC=C3)c2)C(=O)NCCOc2ccc(cc2)OCCNC(=O)c2cncc1c2. The third kappa shape index (κ3) is 10.3. The third-order valence-corrected chi connectivity index (χ3v) is 7.90. The molecular formula is C40H37N5O8. The number of rotatable bonds is 1. The van der Waals surface area contributed by atoms with Gasteiger partial charge in [-0.1, -0.05) is 6.08 Å². The third-order valence-electron chi connectivity index (χ3n) is 7.90. The Morgan fingerprint density at radius 2 is 0.811 bits per heavy atom. The van der Waals surface area contributed by atoms with Gasteiger partial charge in [-0.25, -0.2) is 0 Å². The van der Waals surface area contributed by atoms with Gasteiger partial charge in [0, 0.05) is 29.1 Å². The molecule has 270 valence electrons. The quantitative estimate of drug-likeness (QED) is 0.215. The number of nitrogens with zero attached hydrogens (tertiary/aromatic N) is 1. The zero-order chi connectivity index (χ0) is 36.8. The molecule has 5 aliphatic rings. The number of aromatic nitrogens is 1. The fourth-order valence-electron chi connectivity index (χ4n) is 5.25. The second-order valence-corrected chi connectivity index (χ2v) is 11.7. The maximum Gasteiger partial charge on any atom is 0.252 e. The second-order valence-electron chi connectivity index (χ2n) is 11.7. The van der Waals surface area contributed by atoms with Gasteiger partial charge in [0.05, 0.1) is 37.3 Å². The number of allylic oxidation sites excluding steroid dienone is 3. The average molecular weight is 716 g/mol. The molecule has 0 atom stereocenters. The molecule has 0 spiro atoms. The van der Waals surface area contributed by atoms with E-state index in [1.807, 2.05) is 12.2 Å². The molecule has 0 radical (unpaired) electrons. The number of carbonyl (C=O) groups excluding carboxylic acids is 4. The summed E-state index contributed by atoms with van der Waals surface area (Å²) in [7, 11) is 0. The van der Waals surface area contributed by atoms with E-state index >= 15 is 0 Å². The number of ether oxygens (including phenoxy) is 4. The summed E-state index contributed by atoms with van der Waals surface area (Å²) in [6.07, 6.45) is 8.24. The van der Waals surface area contributed by atoms with Gasteiger partial charge in [0.15, 0.2) is 0 Å². The summed E-state index contributed by atoms with van der Waals surface area (Å²) < 4.78 is 23.0. The Bertz CT molecular complexity index is 1930. The first kappa shape index (κ1) is 36.0. The van der Waals surface area contributed by atoms with Crippen LogP contribution in [0.1, 0.15) is 47.0 Å². The lowest BCUT2D eigenvalue weighted by Crippen LogP contribution is -2.30. The van der Waals surface area contributed by atoms with E-state index in [4.69, 9.17) is 18.9 Å². The molecule has 13 nitrogen and oxygen atoms in total. The molecule has 13 heteroatoms. The number of nitrogens with one attached hydrogen (secondary N) is 4. The summed E-state index contributed by atoms with van der Waals surface area (Å²) >= 11 is 0. The zero-order valence-corrected chi connectivity index (χ0v) is 28.7. The number of hydrogen-bond donors (Lipinski definition) is 4. The van der Waals surface area contributed by atoms with Crippen LogP contribution in [0.5, 0.6) is 23.0 Å². The van der Waals surface area contributed by atoms with Gasteiger partial charge in [-0.2, -0.15) is 0 Å². The molecule has 5 heterocycles. The highest BCUT2D eigenvalue weighted by Crippen LogP contribution is 2.22. The molecular weight excluding hydrogens is 678 g/mol. The molecule has 8 bridgehead atoms. The van der Waals surface area contributed by atoms with Gasteiger partial charge < -0.3 is 40.2 Å². The minimum Gasteiger partial charge on any atom is -0.492 e. The van der Waals surface area contributed by atoms with Crippen LogP contribution in [0, 0.1) is 0 Å². The fraction of sp³-hybridized carbons (Fsp3) is 0.200. The van der Waals surface area contributed by atoms with Crippen LogP contribution in [0.3, 0.4) is 0 Å². The lowest BCUT2D eigenvalue weighted by atomic mass is 9.99. The van der Waals surface area contributed by atoms with Gasteiger partial charge in [-0.05, 0) is 90.5 Å². The summed E-state index contributed by atoms with van der Waals surface area (Å²) in [4.78, 5) is 55.8. The largest absolute Gasteiger partial charge is 0.492 e. The number of hydrogen-bond acceptors (Lipinski definition) is 9. The highest BCUT2D eigenvalue weighted by atomic mass is 16.5. The van der Waals surface area contributed by atoms with Crippen molar-refractivity contribution < 1.29 is 38.1 Å². The molecule has 0 saturated carbocycles. The van der Waals surface area contributed by atoms with Gasteiger partial charge in [0.1, 0.15) is 49.4 Å². The first-order chi connectivity index (χ1) is 25.9. The Morgan fingerprint density at radius 1 is 0.472 bits per heavy atom. The minimum atomic E-state index is -0.391. The number of benzene rings is 3. The van der Waals surface area contributed by atoms with Gasteiger partial charge in [0.25, 0.3) is 23.6 Å². The topological polar surface area (TPSA) is 166 Å². The summed E-state index contributed by atoms with van der Waals surface area (Å²) in [6.45, 7) is 1.70. The molecule has 53 heavy (non-hydrogen) atoms. The Labute approximate surface area is 305 Å². The van der Waals surface area contributed by atoms with Crippen LogP contribution in [0.25, 0.3) is 5.57 Å². The predicted molar refractivity (Wildman–Crippen MR) is 196 cm³/mol. The minimum absolute atomic E-state index is 0.203. The molecule has 9 rings (SSSR count). The predicted octanol–water partition coefficient (Wildman–Crippen LogP) is 3.74. The highest BCUT2D eigenvalue weighted by molar-refractivity contribution is 6.01. The molecule has 4 N–H and O–H groups in total. The second kappa shape index (κ2) is 17.9. The smallest absolute Gasteiger partial charge is 0.252 e. The molecule has 0 saturated heterocycles. The monoisotopic (exact) mass is 715 g/mol. The molecule has 4 aromatic rings. The summed E-state index contributed by atoms with van der Waals surface area (Å²) in [5.74, 6) is 0.822. The molecule has 4 aliphatic heterocycles. The molecule has 1 aliphatic carbocycles. The van der Waals surface area contributed by atoms with Crippen LogP contribution in [0.15, 0.2) is 109 Å². The lowest BCUT2D eigenvalue weighted by Gasteiger charge is -2.12. The van der Waals surface area contributed by atoms with Crippen LogP contribution in [-0.4, -0.2) is 81.2 Å². The zero-order valence-electron chi connectivity index (χ0n) is 28.7. The van der Waals surface area contributed by atoms with Crippen molar-refractivity contribution in [1.29, 1.82) is 0 Å². The van der Waals surface area contributed by atoms with Crippen LogP contribution >= 0.6 is 0 Å². The van der Waals surface area contributed by atoms with Crippen LogP contribution in [0.2, 0.25) is 0 Å². The van der Waals surface area contributed by atoms with E-state index in [-0.39, 0.29) is 75.5 Å². The van der Waals surface area contributed by atoms with Crippen molar-refractivity contribution in [2.75, 3.05) is 52.6 Å². The molecule has 4 amide bonds. The van der Waals surface area contributed by atoms with E-state index in [0.29, 0.717) is 39.7 Å².